The predicted octanol–water partition coefficient (Wildman–Crippen LogP) is 5.89. The SMILES string of the molecule is CCc1c(F)ccc2cc(O)cc(-c3cc4nc(OC[C@@]56CCCN5C[C@H](F)C6)nc(N5C[C@H]6CC[C@@H](C5)N6)c4cc3F)c12. The molecule has 0 radical (unpaired) electrons. The van der Waals surface area contributed by atoms with Gasteiger partial charge in [0.2, 0.25) is 0 Å². The van der Waals surface area contributed by atoms with Crippen LogP contribution in [0.3, 0.4) is 0 Å². The Morgan fingerprint density at radius 1 is 1.02 bits per heavy atom. The second-order valence-electron chi connectivity index (χ2n) is 13.1. The summed E-state index contributed by atoms with van der Waals surface area (Å²) in [6.07, 6.45) is 4.00. The van der Waals surface area contributed by atoms with Gasteiger partial charge in [-0.3, -0.25) is 4.90 Å². The van der Waals surface area contributed by atoms with E-state index in [2.05, 4.69) is 15.1 Å². The number of piperazine rings is 1. The van der Waals surface area contributed by atoms with Gasteiger partial charge in [0.25, 0.3) is 0 Å². The highest BCUT2D eigenvalue weighted by atomic mass is 19.1. The molecule has 4 atom stereocenters. The van der Waals surface area contributed by atoms with Crippen LogP contribution < -0.4 is 15.0 Å². The van der Waals surface area contributed by atoms with Crippen molar-refractivity contribution in [2.45, 2.75) is 69.2 Å². The zero-order valence-corrected chi connectivity index (χ0v) is 24.8. The molecule has 4 saturated heterocycles. The van der Waals surface area contributed by atoms with Crippen LogP contribution in [0.1, 0.15) is 44.6 Å². The van der Waals surface area contributed by atoms with Crippen LogP contribution in [0.5, 0.6) is 11.8 Å². The van der Waals surface area contributed by atoms with Crippen molar-refractivity contribution >= 4 is 27.5 Å². The van der Waals surface area contributed by atoms with Crippen LogP contribution in [0, 0.1) is 11.6 Å². The Morgan fingerprint density at radius 2 is 1.84 bits per heavy atom. The maximum absolute atomic E-state index is 16.2. The third kappa shape index (κ3) is 4.56. The molecule has 2 N–H and O–H groups in total. The quantitative estimate of drug-likeness (QED) is 0.285. The van der Waals surface area contributed by atoms with Crippen LogP contribution >= 0.6 is 0 Å². The number of aryl methyl sites for hydroxylation is 1. The zero-order valence-electron chi connectivity index (χ0n) is 24.8. The lowest BCUT2D eigenvalue weighted by molar-refractivity contribution is 0.107. The molecule has 10 heteroatoms. The summed E-state index contributed by atoms with van der Waals surface area (Å²) in [6, 6.07) is 10.00. The zero-order chi connectivity index (χ0) is 30.2. The number of alkyl halides is 1. The number of ether oxygens (including phenoxy) is 1. The first kappa shape index (κ1) is 27.9. The number of aromatic nitrogens is 2. The standard InChI is InChI=1S/C34H36F3N5O2/c1-2-24-28(36)7-4-19-10-23(43)11-26(31(19)24)25-13-30-27(12-29(25)37)32(41-16-21-5-6-22(17-41)38-21)40-33(39-30)44-18-34-8-3-9-42(34)15-20(35)14-34/h4,7,10-13,20-22,38,43H,2-3,5-6,8-9,14-18H2,1H3/t20-,21-,22+,34+/m1/s1. The predicted molar refractivity (Wildman–Crippen MR) is 164 cm³/mol. The highest BCUT2D eigenvalue weighted by molar-refractivity contribution is 6.03. The van der Waals surface area contributed by atoms with Crippen molar-refractivity contribution in [3.05, 3.63) is 53.6 Å². The Bertz CT molecular complexity index is 1770. The van der Waals surface area contributed by atoms with Gasteiger partial charge in [0.15, 0.2) is 0 Å². The van der Waals surface area contributed by atoms with E-state index in [1.807, 2.05) is 6.92 Å². The first-order valence-corrected chi connectivity index (χ1v) is 15.8. The average molecular weight is 604 g/mol. The van der Waals surface area contributed by atoms with Gasteiger partial charge < -0.3 is 20.1 Å². The first-order chi connectivity index (χ1) is 21.3. The summed E-state index contributed by atoms with van der Waals surface area (Å²) in [7, 11) is 0. The van der Waals surface area contributed by atoms with Crippen molar-refractivity contribution in [2.75, 3.05) is 37.7 Å². The summed E-state index contributed by atoms with van der Waals surface area (Å²) in [5.74, 6) is -0.296. The number of hydrogen-bond acceptors (Lipinski definition) is 7. The fourth-order valence-corrected chi connectivity index (χ4v) is 8.30. The molecule has 0 aliphatic carbocycles. The number of fused-ring (bicyclic) bond motifs is 5. The topological polar surface area (TPSA) is 73.8 Å². The summed E-state index contributed by atoms with van der Waals surface area (Å²) in [6.45, 7) is 4.91. The van der Waals surface area contributed by atoms with Crippen molar-refractivity contribution in [3.8, 4) is 22.9 Å². The minimum atomic E-state index is -0.871. The van der Waals surface area contributed by atoms with Crippen molar-refractivity contribution < 1.29 is 23.0 Å². The number of anilines is 1. The second-order valence-corrected chi connectivity index (χ2v) is 13.1. The lowest BCUT2D eigenvalue weighted by Crippen LogP contribution is -2.51. The van der Waals surface area contributed by atoms with E-state index in [1.54, 1.807) is 18.2 Å². The number of nitrogens with zero attached hydrogens (tertiary/aromatic N) is 4. The third-order valence-electron chi connectivity index (χ3n) is 10.3. The molecule has 1 aromatic heterocycles. The maximum Gasteiger partial charge on any atom is 0.319 e. The molecule has 0 spiro atoms. The lowest BCUT2D eigenvalue weighted by Gasteiger charge is -2.34. The molecular formula is C34H36F3N5O2. The van der Waals surface area contributed by atoms with E-state index in [9.17, 15) is 13.9 Å². The van der Waals surface area contributed by atoms with Crippen molar-refractivity contribution in [1.82, 2.24) is 20.2 Å². The number of phenolic OH excluding ortho intramolecular Hbond substituents is 1. The highest BCUT2D eigenvalue weighted by Crippen LogP contribution is 2.42. The molecule has 0 amide bonds. The van der Waals surface area contributed by atoms with E-state index in [0.29, 0.717) is 70.1 Å². The highest BCUT2D eigenvalue weighted by Gasteiger charge is 2.49. The summed E-state index contributed by atoms with van der Waals surface area (Å²) < 4.78 is 51.9. The molecular weight excluding hydrogens is 567 g/mol. The van der Waals surface area contributed by atoms with Crippen LogP contribution in [0.25, 0.3) is 32.8 Å². The Labute approximate surface area is 254 Å². The number of rotatable bonds is 6. The van der Waals surface area contributed by atoms with E-state index < -0.39 is 12.0 Å². The molecule has 4 aliphatic rings. The molecule has 0 unspecified atom stereocenters. The van der Waals surface area contributed by atoms with Gasteiger partial charge in [0.1, 0.15) is 36.0 Å². The van der Waals surface area contributed by atoms with Crippen LogP contribution in [0.2, 0.25) is 0 Å². The normalized spacial score (nSPS) is 26.6. The molecule has 8 rings (SSSR count). The van der Waals surface area contributed by atoms with Crippen LogP contribution in [-0.4, -0.2) is 76.6 Å². The van der Waals surface area contributed by atoms with E-state index in [0.717, 1.165) is 45.3 Å². The fourth-order valence-electron chi connectivity index (χ4n) is 8.30. The molecule has 2 bridgehead atoms. The number of phenols is 1. The van der Waals surface area contributed by atoms with Gasteiger partial charge >= 0.3 is 6.01 Å². The maximum atomic E-state index is 16.2. The van der Waals surface area contributed by atoms with Gasteiger partial charge in [-0.25, -0.2) is 13.2 Å². The Kier molecular flexibility index (Phi) is 6.64. The minimum Gasteiger partial charge on any atom is -0.508 e. The van der Waals surface area contributed by atoms with Crippen molar-refractivity contribution in [2.24, 2.45) is 0 Å². The van der Waals surface area contributed by atoms with Crippen LogP contribution in [0.4, 0.5) is 19.0 Å². The second kappa shape index (κ2) is 10.5. The van der Waals surface area contributed by atoms with Gasteiger partial charge in [-0.05, 0) is 90.9 Å². The molecule has 230 valence electrons. The number of halogens is 3. The van der Waals surface area contributed by atoms with Crippen LogP contribution in [0.15, 0.2) is 36.4 Å². The van der Waals surface area contributed by atoms with Gasteiger partial charge in [0, 0.05) is 49.1 Å². The fraction of sp³-hybridized carbons (Fsp3) is 0.471. The molecule has 4 fully saturated rings. The molecule has 5 heterocycles. The summed E-state index contributed by atoms with van der Waals surface area (Å²) in [5, 5.41) is 16.0. The van der Waals surface area contributed by atoms with E-state index in [-0.39, 0.29) is 35.3 Å². The monoisotopic (exact) mass is 603 g/mol. The van der Waals surface area contributed by atoms with Crippen LogP contribution in [-0.2, 0) is 6.42 Å². The van der Waals surface area contributed by atoms with Crippen molar-refractivity contribution in [3.63, 3.8) is 0 Å². The Morgan fingerprint density at radius 3 is 2.64 bits per heavy atom. The smallest absolute Gasteiger partial charge is 0.319 e. The van der Waals surface area contributed by atoms with E-state index in [4.69, 9.17) is 14.7 Å². The molecule has 4 aromatic rings. The average Bonchev–Trinajstić information content (AvgIpc) is 3.65. The Balaban J connectivity index is 1.27. The number of nitrogens with one attached hydrogen (secondary N) is 1. The van der Waals surface area contributed by atoms with E-state index in [1.165, 1.54) is 18.2 Å². The lowest BCUT2D eigenvalue weighted by atomic mass is 9.92. The summed E-state index contributed by atoms with van der Waals surface area (Å²) >= 11 is 0. The third-order valence-corrected chi connectivity index (χ3v) is 10.3. The summed E-state index contributed by atoms with van der Waals surface area (Å²) in [4.78, 5) is 14.0. The number of benzene rings is 3. The van der Waals surface area contributed by atoms with Gasteiger partial charge in [-0.2, -0.15) is 9.97 Å². The number of aromatic hydroxyl groups is 1. The van der Waals surface area contributed by atoms with Crippen molar-refractivity contribution in [1.29, 1.82) is 0 Å². The molecule has 44 heavy (non-hydrogen) atoms. The Hall–Kier alpha value is -3.63. The van der Waals surface area contributed by atoms with Gasteiger partial charge in [0.05, 0.1) is 11.1 Å². The minimum absolute atomic E-state index is 0.0348. The molecule has 4 aliphatic heterocycles. The van der Waals surface area contributed by atoms with Gasteiger partial charge in [-0.1, -0.05) is 13.0 Å². The first-order valence-electron chi connectivity index (χ1n) is 15.8. The largest absolute Gasteiger partial charge is 0.508 e. The molecule has 0 saturated carbocycles. The molecule has 7 nitrogen and oxygen atoms in total. The summed E-state index contributed by atoms with van der Waals surface area (Å²) in [5.41, 5.74) is 1.21. The molecule has 3 aromatic carbocycles. The van der Waals surface area contributed by atoms with E-state index >= 15 is 4.39 Å². The number of hydrogen-bond donors (Lipinski definition) is 2. The van der Waals surface area contributed by atoms with Gasteiger partial charge in [-0.15, -0.1) is 0 Å².